The van der Waals surface area contributed by atoms with E-state index in [0.29, 0.717) is 12.4 Å². The summed E-state index contributed by atoms with van der Waals surface area (Å²) in [6, 6.07) is 17.7. The molecule has 2 aromatic rings. The molecule has 0 aliphatic carbocycles. The first kappa shape index (κ1) is 17.2. The maximum absolute atomic E-state index is 13.0. The van der Waals surface area contributed by atoms with E-state index in [1.54, 1.807) is 5.01 Å². The van der Waals surface area contributed by atoms with Gasteiger partial charge in [0, 0.05) is 12.6 Å². The van der Waals surface area contributed by atoms with Crippen molar-refractivity contribution in [3.8, 4) is 0 Å². The first-order chi connectivity index (χ1) is 12.2. The van der Waals surface area contributed by atoms with Gasteiger partial charge < -0.3 is 0 Å². The van der Waals surface area contributed by atoms with E-state index in [1.165, 1.54) is 0 Å². The third-order valence-corrected chi connectivity index (χ3v) is 4.51. The molecule has 5 nitrogen and oxygen atoms in total. The molecule has 0 fully saturated rings. The second-order valence-electron chi connectivity index (χ2n) is 6.00. The quantitative estimate of drug-likeness (QED) is 0.761. The molecule has 0 radical (unpaired) electrons. The first-order valence-electron chi connectivity index (χ1n) is 8.66. The molecule has 1 aliphatic rings. The van der Waals surface area contributed by atoms with E-state index in [0.717, 1.165) is 30.0 Å². The van der Waals surface area contributed by atoms with Crippen molar-refractivity contribution in [3.63, 3.8) is 0 Å². The highest BCUT2D eigenvalue weighted by molar-refractivity contribution is 6.54. The minimum Gasteiger partial charge on any atom is -0.293 e. The normalized spacial score (nSPS) is 15.1. The Morgan fingerprint density at radius 1 is 0.960 bits per heavy atom. The van der Waals surface area contributed by atoms with E-state index in [4.69, 9.17) is 0 Å². The molecule has 2 aromatic carbocycles. The Kier molecular flexibility index (Phi) is 5.14. The van der Waals surface area contributed by atoms with Crippen LogP contribution in [0, 0.1) is 0 Å². The number of hydrogen-bond acceptors (Lipinski definition) is 4. The Morgan fingerprint density at radius 3 is 2.28 bits per heavy atom. The van der Waals surface area contributed by atoms with Gasteiger partial charge >= 0.3 is 0 Å². The number of carbonyl (C=O) groups excluding carboxylic acids is 1. The van der Waals surface area contributed by atoms with Crippen molar-refractivity contribution in [2.75, 3.05) is 36.7 Å². The van der Waals surface area contributed by atoms with Crippen molar-refractivity contribution in [3.05, 3.63) is 60.2 Å². The van der Waals surface area contributed by atoms with Gasteiger partial charge in [0.05, 0.1) is 18.0 Å². The number of benzene rings is 2. The van der Waals surface area contributed by atoms with Crippen molar-refractivity contribution >= 4 is 23.0 Å². The highest BCUT2D eigenvalue weighted by atomic mass is 16.2. The fourth-order valence-electron chi connectivity index (χ4n) is 2.97. The number of amides is 1. The molecule has 5 heteroatoms. The summed E-state index contributed by atoms with van der Waals surface area (Å²) >= 11 is 0. The maximum Gasteiger partial charge on any atom is 0.280 e. The summed E-state index contributed by atoms with van der Waals surface area (Å²) < 4.78 is 0. The molecule has 130 valence electrons. The number of fused-ring (bicyclic) bond motifs is 1. The van der Waals surface area contributed by atoms with Crippen LogP contribution >= 0.6 is 0 Å². The minimum atomic E-state index is -0.0455. The summed E-state index contributed by atoms with van der Waals surface area (Å²) in [6.07, 6.45) is 0. The minimum absolute atomic E-state index is 0.0455. The molecule has 0 saturated heterocycles. The average Bonchev–Trinajstić information content (AvgIpc) is 2.92. The topological polar surface area (TPSA) is 39.1 Å². The van der Waals surface area contributed by atoms with Gasteiger partial charge in [0.25, 0.3) is 5.91 Å². The van der Waals surface area contributed by atoms with E-state index in [-0.39, 0.29) is 5.91 Å². The van der Waals surface area contributed by atoms with Crippen LogP contribution < -0.4 is 9.91 Å². The van der Waals surface area contributed by atoms with Crippen LogP contribution in [0.15, 0.2) is 59.7 Å². The molecule has 0 aromatic heterocycles. The fraction of sp³-hybridized carbons (Fsp3) is 0.300. The largest absolute Gasteiger partial charge is 0.293 e. The number of carbonyl (C=O) groups is 1. The van der Waals surface area contributed by atoms with Gasteiger partial charge in [-0.1, -0.05) is 50.2 Å². The van der Waals surface area contributed by atoms with Gasteiger partial charge in [-0.05, 0) is 31.3 Å². The third kappa shape index (κ3) is 3.42. The lowest BCUT2D eigenvalue weighted by atomic mass is 10.1. The zero-order valence-corrected chi connectivity index (χ0v) is 15.0. The number of rotatable bonds is 6. The highest BCUT2D eigenvalue weighted by Gasteiger charge is 2.34. The van der Waals surface area contributed by atoms with Crippen molar-refractivity contribution < 1.29 is 4.79 Å². The predicted octanol–water partition coefficient (Wildman–Crippen LogP) is 3.17. The lowest BCUT2D eigenvalue weighted by Gasteiger charge is -2.25. The van der Waals surface area contributed by atoms with Gasteiger partial charge in [-0.25, -0.2) is 0 Å². The fourth-order valence-corrected chi connectivity index (χ4v) is 2.97. The van der Waals surface area contributed by atoms with Gasteiger partial charge in [-0.3, -0.25) is 19.6 Å². The second kappa shape index (κ2) is 7.49. The number of hydrogen-bond donors (Lipinski definition) is 0. The lowest BCUT2D eigenvalue weighted by Crippen LogP contribution is -2.41. The number of nitrogens with zero attached hydrogens (tertiary/aromatic N) is 4. The monoisotopic (exact) mass is 336 g/mol. The number of anilines is 2. The van der Waals surface area contributed by atoms with E-state index in [9.17, 15) is 4.79 Å². The van der Waals surface area contributed by atoms with Crippen molar-refractivity contribution in [1.82, 2.24) is 4.90 Å². The average molecular weight is 336 g/mol. The molecule has 0 saturated carbocycles. The molecule has 0 atom stereocenters. The smallest absolute Gasteiger partial charge is 0.280 e. The van der Waals surface area contributed by atoms with Gasteiger partial charge in [0.2, 0.25) is 0 Å². The molecule has 1 heterocycles. The molecule has 0 N–H and O–H groups in total. The summed E-state index contributed by atoms with van der Waals surface area (Å²) in [5, 5.41) is 6.37. The van der Waals surface area contributed by atoms with Gasteiger partial charge in [0.1, 0.15) is 0 Å². The summed E-state index contributed by atoms with van der Waals surface area (Å²) in [6.45, 7) is 6.59. The molecule has 0 bridgehead atoms. The van der Waals surface area contributed by atoms with E-state index < -0.39 is 0 Å². The lowest BCUT2D eigenvalue weighted by molar-refractivity contribution is -0.112. The third-order valence-electron chi connectivity index (χ3n) is 4.51. The molecular weight excluding hydrogens is 312 g/mol. The van der Waals surface area contributed by atoms with Crippen LogP contribution in [0.1, 0.15) is 19.4 Å². The summed E-state index contributed by atoms with van der Waals surface area (Å²) in [5.41, 5.74) is 3.26. The van der Waals surface area contributed by atoms with Gasteiger partial charge in [-0.15, -0.1) is 0 Å². The maximum atomic E-state index is 13.0. The zero-order chi connectivity index (χ0) is 17.8. The highest BCUT2D eigenvalue weighted by Crippen LogP contribution is 2.30. The van der Waals surface area contributed by atoms with Crippen molar-refractivity contribution in [2.45, 2.75) is 13.8 Å². The Bertz CT molecular complexity index is 768. The first-order valence-corrected chi connectivity index (χ1v) is 8.66. The van der Waals surface area contributed by atoms with Crippen LogP contribution in [-0.2, 0) is 4.79 Å². The van der Waals surface area contributed by atoms with Crippen molar-refractivity contribution in [2.24, 2.45) is 5.10 Å². The Labute approximate surface area is 149 Å². The van der Waals surface area contributed by atoms with Crippen LogP contribution in [0.4, 0.5) is 11.4 Å². The van der Waals surface area contributed by atoms with Gasteiger partial charge in [-0.2, -0.15) is 5.10 Å². The van der Waals surface area contributed by atoms with Gasteiger partial charge in [0.15, 0.2) is 5.71 Å². The molecule has 1 aliphatic heterocycles. The number of para-hydroxylation sites is 2. The summed E-state index contributed by atoms with van der Waals surface area (Å²) in [4.78, 5) is 17.1. The molecule has 1 amide bonds. The molecular formula is C20H24N4O. The molecule has 3 rings (SSSR count). The summed E-state index contributed by atoms with van der Waals surface area (Å²) in [5.74, 6) is -0.0455. The predicted molar refractivity (Wildman–Crippen MR) is 103 cm³/mol. The Balaban J connectivity index is 1.95. The molecule has 0 unspecified atom stereocenters. The van der Waals surface area contributed by atoms with E-state index in [2.05, 4.69) is 23.8 Å². The van der Waals surface area contributed by atoms with E-state index >= 15 is 0 Å². The molecule has 25 heavy (non-hydrogen) atoms. The number of hydrazone groups is 1. The van der Waals surface area contributed by atoms with Crippen molar-refractivity contribution in [1.29, 1.82) is 0 Å². The van der Waals surface area contributed by atoms with Crippen LogP contribution in [-0.4, -0.2) is 43.3 Å². The van der Waals surface area contributed by atoms with Crippen LogP contribution in [0.3, 0.4) is 0 Å². The van der Waals surface area contributed by atoms with Crippen LogP contribution in [0.25, 0.3) is 0 Å². The second-order valence-corrected chi connectivity index (χ2v) is 6.00. The standard InChI is InChI=1S/C20H24N4O/c1-4-23(5-2)15-24-18-14-10-9-13-17(18)19(20(24)25)21-22(3)16-11-7-6-8-12-16/h6-14H,4-5,15H2,1-3H3/b21-19+. The van der Waals surface area contributed by atoms with E-state index in [1.807, 2.05) is 66.5 Å². The summed E-state index contributed by atoms with van der Waals surface area (Å²) in [7, 11) is 1.87. The molecule has 0 spiro atoms. The SMILES string of the molecule is CCN(CC)CN1C(=O)/C(=N/N(C)c2ccccc2)c2ccccc21. The van der Waals surface area contributed by atoms with Crippen LogP contribution in [0.5, 0.6) is 0 Å². The zero-order valence-electron chi connectivity index (χ0n) is 15.0. The Hall–Kier alpha value is -2.66. The Morgan fingerprint density at radius 2 is 1.60 bits per heavy atom. The van der Waals surface area contributed by atoms with Crippen LogP contribution in [0.2, 0.25) is 0 Å².